The van der Waals surface area contributed by atoms with Crippen LogP contribution in [-0.4, -0.2) is 36.6 Å². The van der Waals surface area contributed by atoms with Gasteiger partial charge in [0.25, 0.3) is 0 Å². The van der Waals surface area contributed by atoms with Crippen LogP contribution in [0.2, 0.25) is 0 Å². The minimum atomic E-state index is -3.74. The Hall–Kier alpha value is -2.74. The molecule has 3 rings (SSSR count). The second-order valence-corrected chi connectivity index (χ2v) is 10.3. The molecule has 0 aliphatic carbocycles. The second kappa shape index (κ2) is 11.8. The van der Waals surface area contributed by atoms with E-state index >= 15 is 0 Å². The number of hydrogen-bond acceptors (Lipinski definition) is 4. The number of carbonyl (C=O) groups is 1. The predicted molar refractivity (Wildman–Crippen MR) is 131 cm³/mol. The summed E-state index contributed by atoms with van der Waals surface area (Å²) < 4.78 is 27.3. The molecular weight excluding hydrogens is 440 g/mol. The van der Waals surface area contributed by atoms with Gasteiger partial charge in [0.2, 0.25) is 15.9 Å². The van der Waals surface area contributed by atoms with Gasteiger partial charge < -0.3 is 4.90 Å². The third-order valence-electron chi connectivity index (χ3n) is 4.87. The fourth-order valence-electron chi connectivity index (χ4n) is 3.24. The fourth-order valence-corrected chi connectivity index (χ4v) is 5.19. The average molecular weight is 469 g/mol. The highest BCUT2D eigenvalue weighted by molar-refractivity contribution is 7.92. The van der Waals surface area contributed by atoms with Gasteiger partial charge in [0.15, 0.2) is 0 Å². The quantitative estimate of drug-likeness (QED) is 0.398. The molecule has 1 amide bonds. The molecule has 0 unspecified atom stereocenters. The Balaban J connectivity index is 1.78. The molecule has 0 bridgehead atoms. The summed E-state index contributed by atoms with van der Waals surface area (Å²) in [6.45, 7) is 2.88. The molecule has 5 nitrogen and oxygen atoms in total. The molecule has 1 heterocycles. The molecule has 1 aromatic heterocycles. The number of amides is 1. The van der Waals surface area contributed by atoms with E-state index in [1.165, 1.54) is 9.71 Å². The highest BCUT2D eigenvalue weighted by Gasteiger charge is 2.25. The van der Waals surface area contributed by atoms with Gasteiger partial charge in [-0.25, -0.2) is 8.42 Å². The van der Waals surface area contributed by atoms with Crippen molar-refractivity contribution < 1.29 is 13.2 Å². The monoisotopic (exact) mass is 468 g/mol. The van der Waals surface area contributed by atoms with Crippen LogP contribution in [0.1, 0.15) is 29.3 Å². The number of sulfonamides is 1. The average Bonchev–Trinajstić information content (AvgIpc) is 3.31. The lowest BCUT2D eigenvalue weighted by molar-refractivity contribution is -0.132. The number of nitrogens with zero attached hydrogens (tertiary/aromatic N) is 2. The van der Waals surface area contributed by atoms with Gasteiger partial charge in [0, 0.05) is 23.4 Å². The highest BCUT2D eigenvalue weighted by Crippen LogP contribution is 2.16. The Morgan fingerprint density at radius 1 is 0.938 bits per heavy atom. The molecule has 0 aliphatic rings. The smallest absolute Gasteiger partial charge is 0.238 e. The molecule has 32 heavy (non-hydrogen) atoms. The number of benzene rings is 2. The third-order valence-corrected chi connectivity index (χ3v) is 7.24. The normalized spacial score (nSPS) is 11.8. The molecule has 0 spiro atoms. The lowest BCUT2D eigenvalue weighted by Gasteiger charge is -2.26. The van der Waals surface area contributed by atoms with E-state index in [9.17, 15) is 13.2 Å². The summed E-state index contributed by atoms with van der Waals surface area (Å²) in [5.74, 6) is -0.215. The topological polar surface area (TPSA) is 57.7 Å². The summed E-state index contributed by atoms with van der Waals surface area (Å²) in [4.78, 5) is 16.1. The van der Waals surface area contributed by atoms with Gasteiger partial charge in [-0.2, -0.15) is 4.31 Å². The van der Waals surface area contributed by atoms with Crippen LogP contribution in [0.4, 0.5) is 0 Å². The maximum Gasteiger partial charge on any atom is 0.238 e. The van der Waals surface area contributed by atoms with Crippen LogP contribution in [0.3, 0.4) is 0 Å². The van der Waals surface area contributed by atoms with Crippen molar-refractivity contribution in [1.82, 2.24) is 9.21 Å². The summed E-state index contributed by atoms with van der Waals surface area (Å²) in [5, 5.41) is 3.16. The van der Waals surface area contributed by atoms with Crippen LogP contribution >= 0.6 is 11.3 Å². The highest BCUT2D eigenvalue weighted by atomic mass is 32.2. The maximum absolute atomic E-state index is 13.3. The van der Waals surface area contributed by atoms with Gasteiger partial charge >= 0.3 is 0 Å². The molecule has 3 aromatic rings. The van der Waals surface area contributed by atoms with Crippen molar-refractivity contribution in [3.05, 3.63) is 99.6 Å². The van der Waals surface area contributed by atoms with Crippen LogP contribution in [0.25, 0.3) is 6.08 Å². The number of hydrogen-bond donors (Lipinski definition) is 0. The second-order valence-electron chi connectivity index (χ2n) is 7.41. The summed E-state index contributed by atoms with van der Waals surface area (Å²) in [6.07, 6.45) is 2.19. The number of rotatable bonds is 11. The maximum atomic E-state index is 13.3. The lowest BCUT2D eigenvalue weighted by Crippen LogP contribution is -2.42. The van der Waals surface area contributed by atoms with Gasteiger partial charge in [0.1, 0.15) is 0 Å². The molecule has 0 atom stereocenters. The standard InChI is InChI=1S/C25H28N2O3S2/c1-2-16-27(32(29,30)18-15-22-10-5-3-6-11-22)21-25(28)26(20-24-14-9-17-31-24)19-23-12-7-4-8-13-23/h3-15,17-18H,2,16,19-21H2,1H3. The van der Waals surface area contributed by atoms with Gasteiger partial charge in [0.05, 0.1) is 13.1 Å². The van der Waals surface area contributed by atoms with Crippen LogP contribution in [0, 0.1) is 0 Å². The minimum Gasteiger partial charge on any atom is -0.332 e. The first-order valence-corrected chi connectivity index (χ1v) is 12.9. The van der Waals surface area contributed by atoms with Crippen molar-refractivity contribution in [3.63, 3.8) is 0 Å². The van der Waals surface area contributed by atoms with Gasteiger partial charge in [-0.3, -0.25) is 4.79 Å². The molecule has 0 aliphatic heterocycles. The van der Waals surface area contributed by atoms with Crippen LogP contribution < -0.4 is 0 Å². The van der Waals surface area contributed by atoms with E-state index in [1.807, 2.05) is 85.1 Å². The van der Waals surface area contributed by atoms with Crippen molar-refractivity contribution in [2.45, 2.75) is 26.4 Å². The Morgan fingerprint density at radius 3 is 2.25 bits per heavy atom. The van der Waals surface area contributed by atoms with Crippen molar-refractivity contribution in [1.29, 1.82) is 0 Å². The minimum absolute atomic E-state index is 0.187. The molecule has 0 fully saturated rings. The van der Waals surface area contributed by atoms with E-state index in [2.05, 4.69) is 0 Å². The van der Waals surface area contributed by atoms with Crippen LogP contribution in [0.15, 0.2) is 83.6 Å². The van der Waals surface area contributed by atoms with Crippen LogP contribution in [0.5, 0.6) is 0 Å². The predicted octanol–water partition coefficient (Wildman–Crippen LogP) is 4.99. The van der Waals surface area contributed by atoms with E-state index in [0.29, 0.717) is 19.5 Å². The Labute approximate surface area is 194 Å². The molecule has 2 aromatic carbocycles. The SMILES string of the molecule is CCCN(CC(=O)N(Cc1ccccc1)Cc1cccs1)S(=O)(=O)C=Cc1ccccc1. The lowest BCUT2D eigenvalue weighted by atomic mass is 10.2. The summed E-state index contributed by atoms with van der Waals surface area (Å²) in [6, 6.07) is 22.9. The largest absolute Gasteiger partial charge is 0.332 e. The van der Waals surface area contributed by atoms with E-state index in [4.69, 9.17) is 0 Å². The summed E-state index contributed by atoms with van der Waals surface area (Å²) in [5.41, 5.74) is 1.80. The van der Waals surface area contributed by atoms with E-state index < -0.39 is 10.0 Å². The van der Waals surface area contributed by atoms with E-state index in [-0.39, 0.29) is 19.0 Å². The zero-order chi connectivity index (χ0) is 22.8. The van der Waals surface area contributed by atoms with E-state index in [1.54, 1.807) is 22.3 Å². The summed E-state index contributed by atoms with van der Waals surface area (Å²) in [7, 11) is -3.74. The molecular formula is C25H28N2O3S2. The van der Waals surface area contributed by atoms with E-state index in [0.717, 1.165) is 16.0 Å². The van der Waals surface area contributed by atoms with Gasteiger partial charge in [-0.1, -0.05) is 73.7 Å². The molecule has 0 saturated carbocycles. The Morgan fingerprint density at radius 2 is 1.62 bits per heavy atom. The molecule has 0 saturated heterocycles. The van der Waals surface area contributed by atoms with Crippen molar-refractivity contribution in [2.24, 2.45) is 0 Å². The van der Waals surface area contributed by atoms with Crippen LogP contribution in [-0.2, 0) is 27.9 Å². The third kappa shape index (κ3) is 7.15. The Kier molecular flexibility index (Phi) is 8.79. The number of carbonyl (C=O) groups excluding carboxylic acids is 1. The van der Waals surface area contributed by atoms with Crippen molar-refractivity contribution in [3.8, 4) is 0 Å². The first kappa shape index (κ1) is 23.9. The van der Waals surface area contributed by atoms with Gasteiger partial charge in [-0.15, -0.1) is 11.3 Å². The van der Waals surface area contributed by atoms with Crippen molar-refractivity contribution in [2.75, 3.05) is 13.1 Å². The molecule has 0 radical (unpaired) electrons. The Bertz CT molecular complexity index is 1100. The molecule has 7 heteroatoms. The fraction of sp³-hybridized carbons (Fsp3) is 0.240. The van der Waals surface area contributed by atoms with Gasteiger partial charge in [-0.05, 0) is 35.1 Å². The molecule has 0 N–H and O–H groups in total. The zero-order valence-electron chi connectivity index (χ0n) is 18.1. The first-order valence-electron chi connectivity index (χ1n) is 10.6. The summed E-state index contributed by atoms with van der Waals surface area (Å²) >= 11 is 1.58. The number of thiophene rings is 1. The zero-order valence-corrected chi connectivity index (χ0v) is 19.8. The van der Waals surface area contributed by atoms with Crippen molar-refractivity contribution >= 4 is 33.3 Å². The first-order chi connectivity index (χ1) is 15.5. The molecule has 168 valence electrons.